The third-order valence-electron chi connectivity index (χ3n) is 5.30. The Bertz CT molecular complexity index is 959. The number of ether oxygens (including phenoxy) is 1. The quantitative estimate of drug-likeness (QED) is 0.826. The topological polar surface area (TPSA) is 65.6 Å². The highest BCUT2D eigenvalue weighted by Gasteiger charge is 2.44. The van der Waals surface area contributed by atoms with Gasteiger partial charge in [-0.1, -0.05) is 11.6 Å². The van der Waals surface area contributed by atoms with Crippen LogP contribution in [0.3, 0.4) is 0 Å². The number of carbonyl (C=O) groups excluding carboxylic acids is 2. The number of halogens is 3. The Morgan fingerprint density at radius 1 is 1.18 bits per heavy atom. The minimum atomic E-state index is -0.867. The van der Waals surface area contributed by atoms with E-state index < -0.39 is 23.6 Å². The van der Waals surface area contributed by atoms with Gasteiger partial charge in [-0.15, -0.1) is 0 Å². The van der Waals surface area contributed by atoms with Gasteiger partial charge in [0.05, 0.1) is 21.5 Å². The predicted octanol–water partition coefficient (Wildman–Crippen LogP) is 2.95. The van der Waals surface area contributed by atoms with Gasteiger partial charge in [0, 0.05) is 32.6 Å². The van der Waals surface area contributed by atoms with Crippen LogP contribution in [0.2, 0.25) is 5.02 Å². The second-order valence-corrected chi connectivity index (χ2v) is 8.16. The Balaban J connectivity index is 1.45. The van der Waals surface area contributed by atoms with Crippen LogP contribution in [0.5, 0.6) is 0 Å². The summed E-state index contributed by atoms with van der Waals surface area (Å²) in [6.45, 7) is 5.11. The number of H-pyrrole nitrogens is 1. The minimum absolute atomic E-state index is 0.0783. The average Bonchev–Trinajstić information content (AvgIpc) is 2.99. The zero-order valence-electron chi connectivity index (χ0n) is 15.5. The molecule has 0 bridgehead atoms. The smallest absolute Gasteiger partial charge is 0.273 e. The van der Waals surface area contributed by atoms with Crippen molar-refractivity contribution in [3.63, 3.8) is 0 Å². The number of fused-ring (bicyclic) bond motifs is 1. The normalized spacial score (nSPS) is 21.7. The number of aromatic nitrogens is 1. The SMILES string of the molecule is CC1(C)C[C@H](C(=O)N2CCN(C(=O)c3[nH]c4ccc(F)c(Cl)c4c3F)CC2)O1. The summed E-state index contributed by atoms with van der Waals surface area (Å²) in [4.78, 5) is 31.0. The Kier molecular flexibility index (Phi) is 4.58. The van der Waals surface area contributed by atoms with E-state index in [-0.39, 0.29) is 46.2 Å². The van der Waals surface area contributed by atoms with E-state index in [9.17, 15) is 18.4 Å². The molecule has 150 valence electrons. The molecule has 0 radical (unpaired) electrons. The summed E-state index contributed by atoms with van der Waals surface area (Å²) < 4.78 is 33.9. The van der Waals surface area contributed by atoms with Crippen LogP contribution in [-0.4, -0.2) is 64.5 Å². The molecule has 3 heterocycles. The number of hydrogen-bond donors (Lipinski definition) is 1. The van der Waals surface area contributed by atoms with Crippen LogP contribution in [0.25, 0.3) is 10.9 Å². The molecule has 1 atom stereocenters. The fourth-order valence-corrected chi connectivity index (χ4v) is 4.03. The number of amides is 2. The monoisotopic (exact) mass is 411 g/mol. The molecular formula is C19H20ClF2N3O3. The van der Waals surface area contributed by atoms with Gasteiger partial charge in [-0.25, -0.2) is 8.78 Å². The van der Waals surface area contributed by atoms with Crippen molar-refractivity contribution in [1.29, 1.82) is 0 Å². The third-order valence-corrected chi connectivity index (χ3v) is 5.67. The van der Waals surface area contributed by atoms with Crippen molar-refractivity contribution in [2.24, 2.45) is 0 Å². The van der Waals surface area contributed by atoms with Crippen molar-refractivity contribution in [2.45, 2.75) is 32.0 Å². The summed E-state index contributed by atoms with van der Waals surface area (Å²) in [5, 5.41) is -0.493. The summed E-state index contributed by atoms with van der Waals surface area (Å²) in [6.07, 6.45) is 0.239. The summed E-state index contributed by atoms with van der Waals surface area (Å²) in [6, 6.07) is 2.45. The fourth-order valence-electron chi connectivity index (χ4n) is 3.78. The first-order valence-corrected chi connectivity index (χ1v) is 9.47. The van der Waals surface area contributed by atoms with Crippen molar-refractivity contribution in [3.8, 4) is 0 Å². The molecule has 0 unspecified atom stereocenters. The largest absolute Gasteiger partial charge is 0.362 e. The van der Waals surface area contributed by atoms with E-state index in [1.165, 1.54) is 11.0 Å². The van der Waals surface area contributed by atoms with Gasteiger partial charge in [-0.3, -0.25) is 9.59 Å². The lowest BCUT2D eigenvalue weighted by molar-refractivity contribution is -0.201. The van der Waals surface area contributed by atoms with E-state index in [1.54, 1.807) is 4.90 Å². The van der Waals surface area contributed by atoms with Crippen molar-refractivity contribution in [1.82, 2.24) is 14.8 Å². The van der Waals surface area contributed by atoms with E-state index >= 15 is 0 Å². The lowest BCUT2D eigenvalue weighted by atomic mass is 9.92. The molecule has 1 aromatic carbocycles. The molecule has 1 N–H and O–H groups in total. The summed E-state index contributed by atoms with van der Waals surface area (Å²) in [7, 11) is 0. The van der Waals surface area contributed by atoms with Crippen molar-refractivity contribution >= 4 is 34.3 Å². The van der Waals surface area contributed by atoms with E-state index in [0.717, 1.165) is 6.07 Å². The van der Waals surface area contributed by atoms with E-state index in [4.69, 9.17) is 16.3 Å². The highest BCUT2D eigenvalue weighted by Crippen LogP contribution is 2.33. The van der Waals surface area contributed by atoms with Crippen molar-refractivity contribution in [3.05, 3.63) is 34.5 Å². The number of hydrogen-bond acceptors (Lipinski definition) is 3. The highest BCUT2D eigenvalue weighted by atomic mass is 35.5. The van der Waals surface area contributed by atoms with Crippen LogP contribution in [0.1, 0.15) is 30.8 Å². The second kappa shape index (κ2) is 6.70. The molecule has 2 aliphatic rings. The number of rotatable bonds is 2. The van der Waals surface area contributed by atoms with Gasteiger partial charge in [0.2, 0.25) is 0 Å². The fraction of sp³-hybridized carbons (Fsp3) is 0.474. The van der Waals surface area contributed by atoms with Gasteiger partial charge in [-0.05, 0) is 26.0 Å². The Hall–Kier alpha value is -2.19. The van der Waals surface area contributed by atoms with Gasteiger partial charge in [0.1, 0.15) is 17.6 Å². The number of aromatic amines is 1. The van der Waals surface area contributed by atoms with E-state index in [0.29, 0.717) is 19.5 Å². The first kappa shape index (κ1) is 19.1. The number of nitrogens with zero attached hydrogens (tertiary/aromatic N) is 2. The van der Waals surface area contributed by atoms with Crippen LogP contribution in [0.15, 0.2) is 12.1 Å². The van der Waals surface area contributed by atoms with Gasteiger partial charge >= 0.3 is 0 Å². The lowest BCUT2D eigenvalue weighted by Crippen LogP contribution is -2.58. The van der Waals surface area contributed by atoms with Gasteiger partial charge < -0.3 is 19.5 Å². The number of piperazine rings is 1. The van der Waals surface area contributed by atoms with Crippen molar-refractivity contribution in [2.75, 3.05) is 26.2 Å². The number of nitrogens with one attached hydrogen (secondary N) is 1. The Morgan fingerprint density at radius 3 is 2.39 bits per heavy atom. The summed E-state index contributed by atoms with van der Waals surface area (Å²) in [5.41, 5.74) is -0.274. The zero-order chi connectivity index (χ0) is 20.2. The molecule has 2 saturated heterocycles. The van der Waals surface area contributed by atoms with E-state index in [1.807, 2.05) is 13.8 Å². The molecular weight excluding hydrogens is 392 g/mol. The molecule has 6 nitrogen and oxygen atoms in total. The van der Waals surface area contributed by atoms with Gasteiger partial charge in [-0.2, -0.15) is 0 Å². The summed E-state index contributed by atoms with van der Waals surface area (Å²) in [5.74, 6) is -2.24. The van der Waals surface area contributed by atoms with Gasteiger partial charge in [0.25, 0.3) is 11.8 Å². The molecule has 4 rings (SSSR count). The minimum Gasteiger partial charge on any atom is -0.362 e. The Labute approximate surface area is 165 Å². The van der Waals surface area contributed by atoms with Crippen LogP contribution < -0.4 is 0 Å². The third kappa shape index (κ3) is 3.14. The van der Waals surface area contributed by atoms with E-state index in [2.05, 4.69) is 4.98 Å². The van der Waals surface area contributed by atoms with Crippen molar-refractivity contribution < 1.29 is 23.1 Å². The highest BCUT2D eigenvalue weighted by molar-refractivity contribution is 6.35. The maximum atomic E-state index is 14.7. The maximum absolute atomic E-state index is 14.7. The van der Waals surface area contributed by atoms with Crippen LogP contribution in [-0.2, 0) is 9.53 Å². The molecule has 0 saturated carbocycles. The van der Waals surface area contributed by atoms with Crippen LogP contribution in [0.4, 0.5) is 8.78 Å². The average molecular weight is 412 g/mol. The molecule has 0 spiro atoms. The maximum Gasteiger partial charge on any atom is 0.273 e. The van der Waals surface area contributed by atoms with Crippen LogP contribution in [0, 0.1) is 11.6 Å². The molecule has 2 aromatic rings. The first-order chi connectivity index (χ1) is 13.2. The lowest BCUT2D eigenvalue weighted by Gasteiger charge is -2.45. The number of carbonyl (C=O) groups is 2. The first-order valence-electron chi connectivity index (χ1n) is 9.09. The zero-order valence-corrected chi connectivity index (χ0v) is 16.3. The van der Waals surface area contributed by atoms with Crippen LogP contribution >= 0.6 is 11.6 Å². The molecule has 2 amide bonds. The number of benzene rings is 1. The molecule has 0 aliphatic carbocycles. The molecule has 28 heavy (non-hydrogen) atoms. The molecule has 1 aromatic heterocycles. The molecule has 2 fully saturated rings. The standard InChI is InChI=1S/C19H20ClF2N3O3/c1-19(2)9-12(28-19)17(26)24-5-7-25(8-6-24)18(27)16-15(22)13-11(23-16)4-3-10(21)14(13)20/h3-4,12,23H,5-9H2,1-2H3/t12-/m1/s1. The van der Waals surface area contributed by atoms with Gasteiger partial charge in [0.15, 0.2) is 5.82 Å². The predicted molar refractivity (Wildman–Crippen MR) is 99.3 cm³/mol. The Morgan fingerprint density at radius 2 is 1.79 bits per heavy atom. The summed E-state index contributed by atoms with van der Waals surface area (Å²) >= 11 is 5.84. The molecule has 9 heteroatoms. The molecule has 2 aliphatic heterocycles. The second-order valence-electron chi connectivity index (χ2n) is 7.79.